The third-order valence-corrected chi connectivity index (χ3v) is 2.30. The van der Waals surface area contributed by atoms with Crippen molar-refractivity contribution >= 4 is 5.82 Å². The lowest BCUT2D eigenvalue weighted by Crippen LogP contribution is -2.22. The first-order chi connectivity index (χ1) is 8.93. The summed E-state index contributed by atoms with van der Waals surface area (Å²) in [5.41, 5.74) is 1.45. The third kappa shape index (κ3) is 4.38. The van der Waals surface area contributed by atoms with Gasteiger partial charge in [0.25, 0.3) is 11.1 Å². The van der Waals surface area contributed by atoms with E-state index in [0.29, 0.717) is 5.82 Å². The number of aromatic nitrogens is 4. The number of anilines is 1. The van der Waals surface area contributed by atoms with E-state index in [1.54, 1.807) is 27.1 Å². The lowest BCUT2D eigenvalue weighted by atomic mass is 10.3. The van der Waals surface area contributed by atoms with Crippen molar-refractivity contribution in [2.24, 2.45) is 7.05 Å². The summed E-state index contributed by atoms with van der Waals surface area (Å²) in [6.07, 6.45) is 1.36. The van der Waals surface area contributed by atoms with Crippen LogP contribution in [0.1, 0.15) is 11.3 Å². The normalized spacial score (nSPS) is 9.47. The SMILES string of the molecule is CNc1cc(=O)[nH]cn1.Cc1cc(C)c(=O)n(C)n1. The Balaban J connectivity index is 0.000000191. The quantitative estimate of drug-likeness (QED) is 0.767. The average Bonchev–Trinajstić information content (AvgIpc) is 2.36. The van der Waals surface area contributed by atoms with Crippen molar-refractivity contribution in [2.75, 3.05) is 12.4 Å². The molecule has 0 saturated carbocycles. The van der Waals surface area contributed by atoms with Gasteiger partial charge in [-0.3, -0.25) is 9.59 Å². The molecule has 2 aromatic heterocycles. The first-order valence-electron chi connectivity index (χ1n) is 5.68. The standard InChI is InChI=1S/C7H10N2O.C5H7N3O/c1-5-4-6(2)8-9(3)7(5)10;1-6-4-2-5(9)8-3-7-4/h4H,1-3H3;2-3H,1H3,(H2,6,7,8,9). The molecule has 2 rings (SSSR count). The van der Waals surface area contributed by atoms with Crippen molar-refractivity contribution in [1.29, 1.82) is 0 Å². The molecular weight excluding hydrogens is 246 g/mol. The van der Waals surface area contributed by atoms with Gasteiger partial charge in [-0.1, -0.05) is 0 Å². The summed E-state index contributed by atoms with van der Waals surface area (Å²) in [7, 11) is 3.37. The van der Waals surface area contributed by atoms with Crippen LogP contribution in [0.3, 0.4) is 0 Å². The van der Waals surface area contributed by atoms with E-state index in [9.17, 15) is 9.59 Å². The number of aromatic amines is 1. The molecule has 0 aliphatic heterocycles. The maximum Gasteiger partial charge on any atom is 0.269 e. The van der Waals surface area contributed by atoms with E-state index in [1.165, 1.54) is 17.1 Å². The molecule has 0 amide bonds. The van der Waals surface area contributed by atoms with Crippen molar-refractivity contribution in [3.8, 4) is 0 Å². The number of nitrogens with zero attached hydrogens (tertiary/aromatic N) is 3. The van der Waals surface area contributed by atoms with Crippen LogP contribution in [0.4, 0.5) is 5.82 Å². The highest BCUT2D eigenvalue weighted by Crippen LogP contribution is 1.90. The van der Waals surface area contributed by atoms with E-state index in [-0.39, 0.29) is 11.1 Å². The highest BCUT2D eigenvalue weighted by Gasteiger charge is 1.96. The summed E-state index contributed by atoms with van der Waals surface area (Å²) < 4.78 is 1.35. The Morgan fingerprint density at radius 2 is 1.95 bits per heavy atom. The molecule has 0 radical (unpaired) electrons. The van der Waals surface area contributed by atoms with E-state index in [0.717, 1.165) is 11.3 Å². The van der Waals surface area contributed by atoms with Crippen LogP contribution in [0.5, 0.6) is 0 Å². The molecule has 0 unspecified atom stereocenters. The van der Waals surface area contributed by atoms with Crippen LogP contribution in [0.25, 0.3) is 0 Å². The van der Waals surface area contributed by atoms with Crippen molar-refractivity contribution in [3.05, 3.63) is 50.4 Å². The number of H-pyrrole nitrogens is 1. The summed E-state index contributed by atoms with van der Waals surface area (Å²) in [6.45, 7) is 3.66. The molecule has 0 fully saturated rings. The van der Waals surface area contributed by atoms with Crippen molar-refractivity contribution < 1.29 is 0 Å². The van der Waals surface area contributed by atoms with Gasteiger partial charge in [0.05, 0.1) is 12.0 Å². The minimum absolute atomic E-state index is 0.0226. The first kappa shape index (κ1) is 14.6. The molecule has 0 bridgehead atoms. The van der Waals surface area contributed by atoms with Gasteiger partial charge in [-0.2, -0.15) is 5.10 Å². The summed E-state index contributed by atoms with van der Waals surface area (Å²) >= 11 is 0. The summed E-state index contributed by atoms with van der Waals surface area (Å²) in [6, 6.07) is 3.17. The van der Waals surface area contributed by atoms with Gasteiger partial charge >= 0.3 is 0 Å². The third-order valence-electron chi connectivity index (χ3n) is 2.30. The summed E-state index contributed by atoms with van der Waals surface area (Å²) in [5.74, 6) is 0.582. The van der Waals surface area contributed by atoms with Gasteiger partial charge in [0.1, 0.15) is 5.82 Å². The van der Waals surface area contributed by atoms with E-state index >= 15 is 0 Å². The molecule has 7 heteroatoms. The molecule has 0 aromatic carbocycles. The van der Waals surface area contributed by atoms with Crippen LogP contribution in [0.2, 0.25) is 0 Å². The van der Waals surface area contributed by atoms with Crippen LogP contribution in [-0.2, 0) is 7.05 Å². The molecule has 2 heterocycles. The molecule has 2 aromatic rings. The smallest absolute Gasteiger partial charge is 0.269 e. The monoisotopic (exact) mass is 263 g/mol. The Bertz CT molecular complexity index is 633. The topological polar surface area (TPSA) is 92.7 Å². The summed E-state index contributed by atoms with van der Waals surface area (Å²) in [5, 5.41) is 6.67. The molecule has 7 nitrogen and oxygen atoms in total. The Kier molecular flexibility index (Phi) is 4.99. The lowest BCUT2D eigenvalue weighted by Gasteiger charge is -1.98. The van der Waals surface area contributed by atoms with Crippen LogP contribution in [0, 0.1) is 13.8 Å². The van der Waals surface area contributed by atoms with Crippen LogP contribution >= 0.6 is 0 Å². The molecular formula is C12H17N5O2. The number of hydrogen-bond donors (Lipinski definition) is 2. The largest absolute Gasteiger partial charge is 0.373 e. The van der Waals surface area contributed by atoms with Gasteiger partial charge in [0.15, 0.2) is 0 Å². The number of nitrogens with one attached hydrogen (secondary N) is 2. The van der Waals surface area contributed by atoms with Crippen molar-refractivity contribution in [3.63, 3.8) is 0 Å². The fourth-order valence-corrected chi connectivity index (χ4v) is 1.45. The predicted molar refractivity (Wildman–Crippen MR) is 73.4 cm³/mol. The van der Waals surface area contributed by atoms with Gasteiger partial charge in [-0.25, -0.2) is 9.67 Å². The zero-order valence-electron chi connectivity index (χ0n) is 11.4. The average molecular weight is 263 g/mol. The summed E-state index contributed by atoms with van der Waals surface area (Å²) in [4.78, 5) is 27.7. The molecule has 0 aliphatic rings. The second-order valence-electron chi connectivity index (χ2n) is 3.94. The molecule has 102 valence electrons. The van der Waals surface area contributed by atoms with E-state index in [4.69, 9.17) is 0 Å². The van der Waals surface area contributed by atoms with Crippen molar-refractivity contribution in [1.82, 2.24) is 19.7 Å². The molecule has 0 spiro atoms. The molecule has 0 atom stereocenters. The van der Waals surface area contributed by atoms with Gasteiger partial charge in [0.2, 0.25) is 0 Å². The second kappa shape index (κ2) is 6.48. The molecule has 0 aliphatic carbocycles. The molecule has 0 saturated heterocycles. The van der Waals surface area contributed by atoms with E-state index in [2.05, 4.69) is 20.4 Å². The van der Waals surface area contributed by atoms with Crippen LogP contribution in [-0.4, -0.2) is 26.8 Å². The molecule has 19 heavy (non-hydrogen) atoms. The van der Waals surface area contributed by atoms with Crippen molar-refractivity contribution in [2.45, 2.75) is 13.8 Å². The Hall–Kier alpha value is -2.44. The Morgan fingerprint density at radius 3 is 2.42 bits per heavy atom. The molecule has 2 N–H and O–H groups in total. The maximum atomic E-state index is 11.0. The van der Waals surface area contributed by atoms with Crippen LogP contribution in [0.15, 0.2) is 28.0 Å². The van der Waals surface area contributed by atoms with E-state index in [1.807, 2.05) is 6.92 Å². The zero-order chi connectivity index (χ0) is 14.4. The number of aryl methyl sites for hydroxylation is 3. The van der Waals surface area contributed by atoms with Gasteiger partial charge in [0, 0.05) is 25.7 Å². The fraction of sp³-hybridized carbons (Fsp3) is 0.333. The number of hydrogen-bond acceptors (Lipinski definition) is 5. The van der Waals surface area contributed by atoms with Gasteiger partial charge in [-0.15, -0.1) is 0 Å². The lowest BCUT2D eigenvalue weighted by molar-refractivity contribution is 0.685. The highest BCUT2D eigenvalue weighted by atomic mass is 16.1. The minimum atomic E-state index is -0.144. The minimum Gasteiger partial charge on any atom is -0.373 e. The zero-order valence-corrected chi connectivity index (χ0v) is 11.4. The van der Waals surface area contributed by atoms with Crippen LogP contribution < -0.4 is 16.4 Å². The first-order valence-corrected chi connectivity index (χ1v) is 5.68. The van der Waals surface area contributed by atoms with Gasteiger partial charge < -0.3 is 10.3 Å². The Labute approximate surface area is 110 Å². The van der Waals surface area contributed by atoms with E-state index < -0.39 is 0 Å². The number of rotatable bonds is 1. The van der Waals surface area contributed by atoms with Gasteiger partial charge in [-0.05, 0) is 19.9 Å². The highest BCUT2D eigenvalue weighted by molar-refractivity contribution is 5.29. The maximum absolute atomic E-state index is 11.0. The predicted octanol–water partition coefficient (Wildman–Crippen LogP) is 0.209. The Morgan fingerprint density at radius 1 is 1.26 bits per heavy atom. The fourth-order valence-electron chi connectivity index (χ4n) is 1.45. The second-order valence-corrected chi connectivity index (χ2v) is 3.94.